The predicted molar refractivity (Wildman–Crippen MR) is 96.3 cm³/mol. The first kappa shape index (κ1) is 17.5. The highest BCUT2D eigenvalue weighted by atomic mass is 35.5. The molecule has 0 atom stereocenters. The Kier molecular flexibility index (Phi) is 5.95. The zero-order chi connectivity index (χ0) is 16.9. The van der Waals surface area contributed by atoms with Crippen LogP contribution in [0.3, 0.4) is 0 Å². The lowest BCUT2D eigenvalue weighted by Gasteiger charge is -2.37. The van der Waals surface area contributed by atoms with Crippen LogP contribution in [0.25, 0.3) is 0 Å². The molecule has 3 rings (SSSR count). The molecule has 0 radical (unpaired) electrons. The lowest BCUT2D eigenvalue weighted by Crippen LogP contribution is -2.25. The third-order valence-electron chi connectivity index (χ3n) is 6.18. The molecule has 2 fully saturated rings. The molecule has 0 saturated heterocycles. The second-order valence-electron chi connectivity index (χ2n) is 7.46. The van der Waals surface area contributed by atoms with E-state index in [2.05, 4.69) is 6.08 Å². The molecule has 0 heterocycles. The molecule has 0 spiro atoms. The molecule has 1 aromatic rings. The Morgan fingerprint density at radius 1 is 1.00 bits per heavy atom. The average molecular weight is 346 g/mol. The van der Waals surface area contributed by atoms with Gasteiger partial charge in [-0.2, -0.15) is 5.26 Å². The Morgan fingerprint density at radius 2 is 1.62 bits per heavy atom. The van der Waals surface area contributed by atoms with Crippen molar-refractivity contribution in [2.24, 2.45) is 17.8 Å². The van der Waals surface area contributed by atoms with Crippen LogP contribution in [0, 0.1) is 34.9 Å². The van der Waals surface area contributed by atoms with Crippen LogP contribution in [0.4, 0.5) is 4.39 Å². The summed E-state index contributed by atoms with van der Waals surface area (Å²) in [6, 6.07) is 7.04. The lowest BCUT2D eigenvalue weighted by atomic mass is 9.68. The van der Waals surface area contributed by atoms with E-state index in [0.717, 1.165) is 30.2 Å². The van der Waals surface area contributed by atoms with Crippen LogP contribution in [-0.2, 0) is 0 Å². The van der Waals surface area contributed by atoms with Crippen molar-refractivity contribution < 1.29 is 4.39 Å². The van der Waals surface area contributed by atoms with Gasteiger partial charge in [0, 0.05) is 5.54 Å². The highest BCUT2D eigenvalue weighted by molar-refractivity contribution is 6.25. The van der Waals surface area contributed by atoms with E-state index in [1.807, 2.05) is 12.1 Å². The molecular weight excluding hydrogens is 321 g/mol. The van der Waals surface area contributed by atoms with E-state index in [4.69, 9.17) is 16.9 Å². The van der Waals surface area contributed by atoms with Gasteiger partial charge in [-0.05, 0) is 92.7 Å². The number of hydrogen-bond acceptors (Lipinski definition) is 1. The van der Waals surface area contributed by atoms with E-state index in [9.17, 15) is 4.39 Å². The zero-order valence-electron chi connectivity index (χ0n) is 14.1. The van der Waals surface area contributed by atoms with Crippen molar-refractivity contribution in [3.63, 3.8) is 0 Å². The summed E-state index contributed by atoms with van der Waals surface area (Å²) in [6.45, 7) is 0. The smallest absolute Gasteiger partial charge is 0.141 e. The topological polar surface area (TPSA) is 23.8 Å². The number of benzene rings is 1. The van der Waals surface area contributed by atoms with Crippen LogP contribution >= 0.6 is 11.6 Å². The van der Waals surface area contributed by atoms with Crippen molar-refractivity contribution in [2.75, 3.05) is 0 Å². The van der Waals surface area contributed by atoms with Gasteiger partial charge < -0.3 is 0 Å². The van der Waals surface area contributed by atoms with E-state index in [1.165, 1.54) is 38.5 Å². The number of nitrogens with zero attached hydrogens (tertiary/aromatic N) is 1. The van der Waals surface area contributed by atoms with Gasteiger partial charge >= 0.3 is 0 Å². The van der Waals surface area contributed by atoms with Crippen molar-refractivity contribution in [1.82, 2.24) is 0 Å². The zero-order valence-corrected chi connectivity index (χ0v) is 14.8. The van der Waals surface area contributed by atoms with Crippen LogP contribution in [0.15, 0.2) is 29.8 Å². The largest absolute Gasteiger partial charge is 0.206 e. The minimum Gasteiger partial charge on any atom is -0.206 e. The quantitative estimate of drug-likeness (QED) is 0.610. The molecule has 2 aliphatic carbocycles. The van der Waals surface area contributed by atoms with Gasteiger partial charge in [0.05, 0.1) is 5.56 Å². The predicted octanol–water partition coefficient (Wildman–Crippen LogP) is 6.53. The highest BCUT2D eigenvalue weighted by Gasteiger charge is 2.30. The molecule has 0 aromatic heterocycles. The maximum atomic E-state index is 13.8. The normalized spacial score (nSPS) is 31.0. The number of halogens is 2. The van der Waals surface area contributed by atoms with Crippen LogP contribution in [0.5, 0.6) is 0 Å². The number of hydrogen-bond donors (Lipinski definition) is 0. The Bertz CT molecular complexity index is 617. The molecule has 24 heavy (non-hydrogen) atoms. The van der Waals surface area contributed by atoms with E-state index < -0.39 is 0 Å². The highest BCUT2D eigenvalue weighted by Crippen LogP contribution is 2.44. The van der Waals surface area contributed by atoms with Crippen molar-refractivity contribution in [2.45, 2.75) is 57.3 Å². The van der Waals surface area contributed by atoms with Crippen LogP contribution in [-0.4, -0.2) is 0 Å². The van der Waals surface area contributed by atoms with Gasteiger partial charge in [-0.3, -0.25) is 0 Å². The molecule has 1 nitrogen and oxygen atoms in total. The molecule has 0 bridgehead atoms. The van der Waals surface area contributed by atoms with Gasteiger partial charge in [0.2, 0.25) is 0 Å². The number of allylic oxidation sites excluding steroid dienone is 1. The first-order valence-corrected chi connectivity index (χ1v) is 9.61. The summed E-state index contributed by atoms with van der Waals surface area (Å²) in [4.78, 5) is 0. The molecule has 128 valence electrons. The summed E-state index contributed by atoms with van der Waals surface area (Å²) >= 11 is 5.70. The van der Waals surface area contributed by atoms with Crippen LogP contribution < -0.4 is 0 Å². The summed E-state index contributed by atoms with van der Waals surface area (Å²) in [6.07, 6.45) is 12.2. The van der Waals surface area contributed by atoms with Gasteiger partial charge in [-0.1, -0.05) is 23.7 Å². The van der Waals surface area contributed by atoms with E-state index in [0.29, 0.717) is 11.8 Å². The first-order valence-electron chi connectivity index (χ1n) is 9.17. The summed E-state index contributed by atoms with van der Waals surface area (Å²) in [7, 11) is 0. The summed E-state index contributed by atoms with van der Waals surface area (Å²) < 4.78 is 13.8. The third-order valence-corrected chi connectivity index (χ3v) is 6.33. The van der Waals surface area contributed by atoms with Crippen LogP contribution in [0.2, 0.25) is 0 Å². The number of rotatable bonds is 3. The van der Waals surface area contributed by atoms with Gasteiger partial charge in [0.25, 0.3) is 0 Å². The first-order chi connectivity index (χ1) is 11.7. The molecule has 3 heteroatoms. The minimum absolute atomic E-state index is 0.148. The fourth-order valence-corrected chi connectivity index (χ4v) is 4.92. The van der Waals surface area contributed by atoms with E-state index >= 15 is 0 Å². The Labute approximate surface area is 149 Å². The third kappa shape index (κ3) is 4.01. The molecule has 0 unspecified atom stereocenters. The SMILES string of the molecule is N#Cc1ccc(C2CCC(C3CCC(/C=C/Cl)CC3)CC2)cc1F. The van der Waals surface area contributed by atoms with E-state index in [1.54, 1.807) is 17.7 Å². The van der Waals surface area contributed by atoms with Gasteiger partial charge in [0.1, 0.15) is 11.9 Å². The maximum Gasteiger partial charge on any atom is 0.141 e. The maximum absolute atomic E-state index is 13.8. The molecule has 1 aromatic carbocycles. The monoisotopic (exact) mass is 345 g/mol. The molecule has 0 aliphatic heterocycles. The lowest BCUT2D eigenvalue weighted by molar-refractivity contribution is 0.171. The van der Waals surface area contributed by atoms with Crippen molar-refractivity contribution in [3.8, 4) is 6.07 Å². The van der Waals surface area contributed by atoms with Gasteiger partial charge in [-0.15, -0.1) is 0 Å². The molecular formula is C21H25ClFN. The van der Waals surface area contributed by atoms with Crippen molar-refractivity contribution in [1.29, 1.82) is 5.26 Å². The Morgan fingerprint density at radius 3 is 2.17 bits per heavy atom. The standard InChI is InChI=1S/C21H25ClFN/c22-12-11-15-1-3-16(4-2-15)17-5-7-18(8-6-17)19-9-10-20(14-24)21(23)13-19/h9-13,15-18H,1-8H2/b12-11+. The fraction of sp³-hybridized carbons (Fsp3) is 0.571. The fourth-order valence-electron chi connectivity index (χ4n) is 4.71. The van der Waals surface area contributed by atoms with E-state index in [-0.39, 0.29) is 11.4 Å². The molecule has 2 saturated carbocycles. The second-order valence-corrected chi connectivity index (χ2v) is 7.71. The minimum atomic E-state index is -0.372. The summed E-state index contributed by atoms with van der Waals surface area (Å²) in [5.74, 6) is 2.47. The second kappa shape index (κ2) is 8.17. The Hall–Kier alpha value is -1.33. The average Bonchev–Trinajstić information content (AvgIpc) is 2.63. The molecule has 0 amide bonds. The van der Waals surface area contributed by atoms with Gasteiger partial charge in [-0.25, -0.2) is 4.39 Å². The Balaban J connectivity index is 1.53. The summed E-state index contributed by atoms with van der Waals surface area (Å²) in [5, 5.41) is 8.85. The van der Waals surface area contributed by atoms with Crippen LogP contribution in [0.1, 0.15) is 68.4 Å². The van der Waals surface area contributed by atoms with Gasteiger partial charge in [0.15, 0.2) is 0 Å². The number of nitriles is 1. The van der Waals surface area contributed by atoms with Crippen molar-refractivity contribution >= 4 is 11.6 Å². The summed E-state index contributed by atoms with van der Waals surface area (Å²) in [5.41, 5.74) is 2.89. The van der Waals surface area contributed by atoms with Crippen molar-refractivity contribution in [3.05, 3.63) is 46.8 Å². The molecule has 2 aliphatic rings. The molecule has 0 N–H and O–H groups in total.